The first-order valence-electron chi connectivity index (χ1n) is 7.58. The molecule has 0 heterocycles. The molecule has 0 saturated heterocycles. The maximum atomic E-state index is 13.5. The maximum Gasteiger partial charge on any atom is 0.384 e. The van der Waals surface area contributed by atoms with Crippen molar-refractivity contribution in [1.82, 2.24) is 0 Å². The molecule has 0 radical (unpaired) electrons. The summed E-state index contributed by atoms with van der Waals surface area (Å²) in [6, 6.07) is 0. The lowest BCUT2D eigenvalue weighted by atomic mass is 9.88. The van der Waals surface area contributed by atoms with Crippen molar-refractivity contribution in [3.05, 3.63) is 11.6 Å². The zero-order valence-electron chi connectivity index (χ0n) is 14.9. The molecule has 0 bridgehead atoms. The van der Waals surface area contributed by atoms with E-state index in [0.29, 0.717) is 0 Å². The first-order valence-corrected chi connectivity index (χ1v) is 7.58. The van der Waals surface area contributed by atoms with Gasteiger partial charge in [0, 0.05) is 5.57 Å². The zero-order valence-corrected chi connectivity index (χ0v) is 14.9. The van der Waals surface area contributed by atoms with Crippen LogP contribution >= 0.6 is 0 Å². The lowest BCUT2D eigenvalue weighted by molar-refractivity contribution is -0.413. The Balaban J connectivity index is 6.42. The van der Waals surface area contributed by atoms with Gasteiger partial charge in [0.1, 0.15) is 0 Å². The molecule has 190 valence electrons. The molecule has 32 heavy (non-hydrogen) atoms. The van der Waals surface area contributed by atoms with Gasteiger partial charge in [0.2, 0.25) is 6.17 Å². The molecule has 4 atom stereocenters. The van der Waals surface area contributed by atoms with Crippen molar-refractivity contribution >= 4 is 5.97 Å². The summed E-state index contributed by atoms with van der Waals surface area (Å²) in [4.78, 5) is 10.3. The molecular weight excluding hydrogens is 504 g/mol. The Morgan fingerprint density at radius 2 is 1.06 bits per heavy atom. The van der Waals surface area contributed by atoms with Crippen LogP contribution in [0.1, 0.15) is 6.92 Å². The normalized spacial score (nSPS) is 19.0. The van der Waals surface area contributed by atoms with Crippen LogP contribution in [0.5, 0.6) is 0 Å². The molecule has 0 aromatic carbocycles. The van der Waals surface area contributed by atoms with E-state index >= 15 is 0 Å². The predicted molar refractivity (Wildman–Crippen MR) is 71.7 cm³/mol. The molecule has 0 aliphatic carbocycles. The summed E-state index contributed by atoms with van der Waals surface area (Å²) < 4.78 is 211. The van der Waals surface area contributed by atoms with Crippen LogP contribution in [0.4, 0.5) is 70.2 Å². The Hall–Kier alpha value is -1.91. The van der Waals surface area contributed by atoms with Crippen molar-refractivity contribution < 1.29 is 80.1 Å². The molecule has 0 fully saturated rings. The summed E-state index contributed by atoms with van der Waals surface area (Å²) in [5.74, 6) is -40.9. The fourth-order valence-electron chi connectivity index (χ4n) is 1.86. The number of halogens is 16. The number of aliphatic carboxylic acids is 1. The number of allylic oxidation sites excluding steroid dienone is 1. The van der Waals surface area contributed by atoms with Crippen molar-refractivity contribution in [2.45, 2.75) is 67.6 Å². The Morgan fingerprint density at radius 1 is 0.688 bits per heavy atom. The molecule has 0 amide bonds. The first-order chi connectivity index (χ1) is 13.9. The predicted octanol–water partition coefficient (Wildman–Crippen LogP) is 5.81. The lowest BCUT2D eigenvalue weighted by Gasteiger charge is -2.41. The third-order valence-electron chi connectivity index (χ3n) is 3.88. The van der Waals surface area contributed by atoms with Crippen molar-refractivity contribution in [1.29, 1.82) is 0 Å². The standard InChI is InChI=1S/C14H10F16O2/c1-3(9(31)32)2-4(15)10(21,22)12(25,26)14(29,30)13(27,28)11(23,24)7(18)5(16)6(17)8(19)20/h2,4-8H,1H3,(H,31,32). The number of rotatable bonds is 11. The van der Waals surface area contributed by atoms with Crippen LogP contribution in [0.2, 0.25) is 0 Å². The highest BCUT2D eigenvalue weighted by Gasteiger charge is 2.88. The summed E-state index contributed by atoms with van der Waals surface area (Å²) in [5.41, 5.74) is -1.56. The average molecular weight is 514 g/mol. The molecule has 0 aliphatic heterocycles. The smallest absolute Gasteiger partial charge is 0.384 e. The number of carboxylic acid groups (broad SMARTS) is 1. The second-order valence-electron chi connectivity index (χ2n) is 6.15. The highest BCUT2D eigenvalue weighted by Crippen LogP contribution is 2.59. The van der Waals surface area contributed by atoms with Crippen LogP contribution in [0.15, 0.2) is 11.6 Å². The first kappa shape index (κ1) is 30.1. The van der Waals surface area contributed by atoms with E-state index in [1.807, 2.05) is 0 Å². The van der Waals surface area contributed by atoms with Gasteiger partial charge in [0.15, 0.2) is 18.5 Å². The van der Waals surface area contributed by atoms with Gasteiger partial charge < -0.3 is 5.11 Å². The Bertz CT molecular complexity index is 703. The topological polar surface area (TPSA) is 37.3 Å². The van der Waals surface area contributed by atoms with E-state index in [9.17, 15) is 75.0 Å². The van der Waals surface area contributed by atoms with E-state index in [2.05, 4.69) is 0 Å². The summed E-state index contributed by atoms with van der Waals surface area (Å²) in [6.07, 6.45) is -25.8. The quantitative estimate of drug-likeness (QED) is 0.279. The Morgan fingerprint density at radius 3 is 1.41 bits per heavy atom. The highest BCUT2D eigenvalue weighted by atomic mass is 19.4. The number of hydrogen-bond acceptors (Lipinski definition) is 1. The van der Waals surface area contributed by atoms with Crippen LogP contribution in [-0.4, -0.2) is 71.8 Å². The molecule has 0 spiro atoms. The number of carbonyl (C=O) groups is 1. The fourth-order valence-corrected chi connectivity index (χ4v) is 1.86. The van der Waals surface area contributed by atoms with Crippen molar-refractivity contribution in [2.75, 3.05) is 0 Å². The van der Waals surface area contributed by atoms with Crippen LogP contribution in [0, 0.1) is 0 Å². The van der Waals surface area contributed by atoms with Gasteiger partial charge in [-0.1, -0.05) is 0 Å². The molecule has 2 nitrogen and oxygen atoms in total. The van der Waals surface area contributed by atoms with Crippen LogP contribution in [-0.2, 0) is 4.79 Å². The zero-order chi connectivity index (χ0) is 26.2. The monoisotopic (exact) mass is 514 g/mol. The summed E-state index contributed by atoms with van der Waals surface area (Å²) in [7, 11) is 0. The Labute approximate surface area is 166 Å². The van der Waals surface area contributed by atoms with E-state index < -0.39 is 78.3 Å². The van der Waals surface area contributed by atoms with Gasteiger partial charge in [0.05, 0.1) is 0 Å². The van der Waals surface area contributed by atoms with E-state index in [4.69, 9.17) is 5.11 Å². The van der Waals surface area contributed by atoms with Crippen molar-refractivity contribution in [2.24, 2.45) is 0 Å². The summed E-state index contributed by atoms with van der Waals surface area (Å²) in [5, 5.41) is 8.30. The number of carboxylic acids is 1. The molecule has 0 aliphatic rings. The van der Waals surface area contributed by atoms with E-state index in [0.717, 1.165) is 0 Å². The fraction of sp³-hybridized carbons (Fsp3) is 0.786. The summed E-state index contributed by atoms with van der Waals surface area (Å²) in [6.45, 7) is 0.246. The molecule has 1 N–H and O–H groups in total. The highest BCUT2D eigenvalue weighted by molar-refractivity contribution is 5.85. The third-order valence-corrected chi connectivity index (χ3v) is 3.88. The van der Waals surface area contributed by atoms with Gasteiger partial charge in [0.25, 0.3) is 6.43 Å². The molecule has 4 unspecified atom stereocenters. The molecule has 18 heteroatoms. The molecular formula is C14H10F16O2. The molecule has 0 aromatic heterocycles. The molecule has 0 saturated carbocycles. The minimum Gasteiger partial charge on any atom is -0.478 e. The average Bonchev–Trinajstić information content (AvgIpc) is 2.64. The second-order valence-corrected chi connectivity index (χ2v) is 6.15. The molecule has 0 rings (SSSR count). The summed E-state index contributed by atoms with van der Waals surface area (Å²) >= 11 is 0. The maximum absolute atomic E-state index is 13.5. The van der Waals surface area contributed by atoms with E-state index in [-0.39, 0.29) is 6.92 Å². The van der Waals surface area contributed by atoms with Gasteiger partial charge in [-0.05, 0) is 13.0 Å². The van der Waals surface area contributed by atoms with Crippen LogP contribution in [0.3, 0.4) is 0 Å². The Kier molecular flexibility index (Phi) is 8.60. The second kappa shape index (κ2) is 9.15. The largest absolute Gasteiger partial charge is 0.478 e. The van der Waals surface area contributed by atoms with Gasteiger partial charge in [-0.25, -0.2) is 31.1 Å². The van der Waals surface area contributed by atoms with Gasteiger partial charge >= 0.3 is 35.6 Å². The minimum absolute atomic E-state index is 0.246. The minimum atomic E-state index is -8.14. The van der Waals surface area contributed by atoms with Crippen LogP contribution < -0.4 is 0 Å². The third kappa shape index (κ3) is 4.72. The lowest BCUT2D eigenvalue weighted by Crippen LogP contribution is -2.71. The van der Waals surface area contributed by atoms with Gasteiger partial charge in [-0.15, -0.1) is 0 Å². The van der Waals surface area contributed by atoms with Gasteiger partial charge in [-0.3, -0.25) is 0 Å². The SMILES string of the molecule is CC(=CC(F)C(F)(F)C(F)(F)C(F)(F)C(F)(F)C(F)(F)C(F)C(F)C(F)C(F)F)C(=O)O. The van der Waals surface area contributed by atoms with E-state index in [1.54, 1.807) is 0 Å². The van der Waals surface area contributed by atoms with Gasteiger partial charge in [-0.2, -0.15) is 43.9 Å². The number of alkyl halides is 16. The van der Waals surface area contributed by atoms with Crippen LogP contribution in [0.25, 0.3) is 0 Å². The van der Waals surface area contributed by atoms with E-state index in [1.165, 1.54) is 0 Å². The molecule has 0 aromatic rings. The van der Waals surface area contributed by atoms with Crippen molar-refractivity contribution in [3.63, 3.8) is 0 Å². The number of hydrogen-bond donors (Lipinski definition) is 1. The van der Waals surface area contributed by atoms with Crippen molar-refractivity contribution in [3.8, 4) is 0 Å².